The molecule has 2 aromatic carbocycles. The highest BCUT2D eigenvalue weighted by atomic mass is 35.5. The van der Waals surface area contributed by atoms with Gasteiger partial charge in [-0.25, -0.2) is 0 Å². The molecule has 7 heteroatoms. The average Bonchev–Trinajstić information content (AvgIpc) is 2.65. The quantitative estimate of drug-likeness (QED) is 0.796. The standard InChI is InChI=1S/C19H18Cl2N2O3/c1-12-18(24)23(16-5-3-4-6-17(16)26-2)10-9-22(12)19(25)13-7-8-14(20)15(21)11-13/h3-8,11-12H,9-10H2,1-2H3. The normalized spacial score (nSPS) is 17.4. The van der Waals surface area contributed by atoms with Gasteiger partial charge in [0, 0.05) is 18.7 Å². The second-order valence-corrected chi connectivity index (χ2v) is 6.78. The molecule has 1 aliphatic heterocycles. The van der Waals surface area contributed by atoms with Crippen LogP contribution >= 0.6 is 23.2 Å². The number of nitrogens with zero attached hydrogens (tertiary/aromatic N) is 2. The summed E-state index contributed by atoms with van der Waals surface area (Å²) >= 11 is 11.9. The van der Waals surface area contributed by atoms with Gasteiger partial charge in [0.25, 0.3) is 5.91 Å². The van der Waals surface area contributed by atoms with Crippen molar-refractivity contribution in [2.24, 2.45) is 0 Å². The van der Waals surface area contributed by atoms with E-state index in [1.807, 2.05) is 18.2 Å². The van der Waals surface area contributed by atoms with Gasteiger partial charge >= 0.3 is 0 Å². The minimum Gasteiger partial charge on any atom is -0.495 e. The summed E-state index contributed by atoms with van der Waals surface area (Å²) in [7, 11) is 1.57. The first kappa shape index (κ1) is 18.5. The first-order chi connectivity index (χ1) is 12.4. The van der Waals surface area contributed by atoms with E-state index in [1.165, 1.54) is 6.07 Å². The van der Waals surface area contributed by atoms with Gasteiger partial charge in [0.15, 0.2) is 0 Å². The van der Waals surface area contributed by atoms with Crippen LogP contribution in [0, 0.1) is 0 Å². The predicted molar refractivity (Wildman–Crippen MR) is 102 cm³/mol. The third-order valence-corrected chi connectivity index (χ3v) is 5.20. The molecule has 1 atom stereocenters. The summed E-state index contributed by atoms with van der Waals surface area (Å²) in [6.07, 6.45) is 0. The number of ether oxygens (including phenoxy) is 1. The lowest BCUT2D eigenvalue weighted by atomic mass is 10.1. The van der Waals surface area contributed by atoms with E-state index in [0.717, 1.165) is 0 Å². The molecule has 5 nitrogen and oxygen atoms in total. The van der Waals surface area contributed by atoms with Crippen LogP contribution in [0.15, 0.2) is 42.5 Å². The number of para-hydroxylation sites is 2. The number of hydrogen-bond acceptors (Lipinski definition) is 3. The van der Waals surface area contributed by atoms with E-state index in [4.69, 9.17) is 27.9 Å². The van der Waals surface area contributed by atoms with Crippen molar-refractivity contribution in [2.75, 3.05) is 25.1 Å². The minimum absolute atomic E-state index is 0.158. The van der Waals surface area contributed by atoms with Gasteiger partial charge in [-0.1, -0.05) is 35.3 Å². The van der Waals surface area contributed by atoms with Crippen LogP contribution in [-0.2, 0) is 4.79 Å². The highest BCUT2D eigenvalue weighted by molar-refractivity contribution is 6.42. The topological polar surface area (TPSA) is 49.9 Å². The SMILES string of the molecule is COc1ccccc1N1CCN(C(=O)c2ccc(Cl)c(Cl)c2)C(C)C1=O. The second kappa shape index (κ2) is 7.56. The molecule has 1 saturated heterocycles. The molecule has 1 unspecified atom stereocenters. The Morgan fingerprint density at radius 2 is 1.85 bits per heavy atom. The molecule has 0 aromatic heterocycles. The van der Waals surface area contributed by atoms with Crippen molar-refractivity contribution in [3.05, 3.63) is 58.1 Å². The molecule has 0 radical (unpaired) electrons. The fourth-order valence-electron chi connectivity index (χ4n) is 3.03. The molecule has 0 spiro atoms. The molecule has 1 fully saturated rings. The number of methoxy groups -OCH3 is 1. The van der Waals surface area contributed by atoms with Crippen LogP contribution in [0.25, 0.3) is 0 Å². The maximum atomic E-state index is 12.9. The van der Waals surface area contributed by atoms with E-state index in [9.17, 15) is 9.59 Å². The molecule has 3 rings (SSSR count). The number of anilines is 1. The van der Waals surface area contributed by atoms with E-state index < -0.39 is 6.04 Å². The van der Waals surface area contributed by atoms with Gasteiger partial charge in [-0.3, -0.25) is 9.59 Å². The Hall–Kier alpha value is -2.24. The molecular weight excluding hydrogens is 375 g/mol. The van der Waals surface area contributed by atoms with E-state index in [-0.39, 0.29) is 11.8 Å². The number of benzene rings is 2. The van der Waals surface area contributed by atoms with Gasteiger partial charge in [0.2, 0.25) is 5.91 Å². The Morgan fingerprint density at radius 1 is 1.12 bits per heavy atom. The van der Waals surface area contributed by atoms with E-state index >= 15 is 0 Å². The number of carbonyl (C=O) groups excluding carboxylic acids is 2. The Balaban J connectivity index is 1.83. The zero-order valence-electron chi connectivity index (χ0n) is 14.4. The fourth-order valence-corrected chi connectivity index (χ4v) is 3.33. The van der Waals surface area contributed by atoms with Crippen molar-refractivity contribution in [1.82, 2.24) is 4.90 Å². The largest absolute Gasteiger partial charge is 0.495 e. The Kier molecular flexibility index (Phi) is 5.39. The maximum Gasteiger partial charge on any atom is 0.254 e. The lowest BCUT2D eigenvalue weighted by molar-refractivity contribution is -0.124. The fraction of sp³-hybridized carbons (Fsp3) is 0.263. The molecule has 136 valence electrons. The summed E-state index contributed by atoms with van der Waals surface area (Å²) in [4.78, 5) is 28.9. The maximum absolute atomic E-state index is 12.9. The number of carbonyl (C=O) groups is 2. The van der Waals surface area contributed by atoms with Crippen LogP contribution in [0.4, 0.5) is 5.69 Å². The molecule has 1 heterocycles. The second-order valence-electron chi connectivity index (χ2n) is 5.97. The summed E-state index contributed by atoms with van der Waals surface area (Å²) in [5.41, 5.74) is 1.11. The Morgan fingerprint density at radius 3 is 2.54 bits per heavy atom. The van der Waals surface area contributed by atoms with Gasteiger partial charge in [-0.15, -0.1) is 0 Å². The zero-order valence-corrected chi connectivity index (χ0v) is 15.9. The lowest BCUT2D eigenvalue weighted by Crippen LogP contribution is -2.57. The minimum atomic E-state index is -0.601. The molecule has 26 heavy (non-hydrogen) atoms. The molecule has 0 aliphatic carbocycles. The zero-order chi connectivity index (χ0) is 18.8. The van der Waals surface area contributed by atoms with Crippen molar-refractivity contribution in [1.29, 1.82) is 0 Å². The number of piperazine rings is 1. The summed E-state index contributed by atoms with van der Waals surface area (Å²) in [5, 5.41) is 0.692. The van der Waals surface area contributed by atoms with Gasteiger partial charge in [-0.2, -0.15) is 0 Å². The molecule has 2 aromatic rings. The average molecular weight is 393 g/mol. The van der Waals surface area contributed by atoms with Gasteiger partial charge in [-0.05, 0) is 37.3 Å². The number of rotatable bonds is 3. The summed E-state index contributed by atoms with van der Waals surface area (Å²) in [6, 6.07) is 11.4. The molecule has 2 amide bonds. The van der Waals surface area contributed by atoms with E-state index in [2.05, 4.69) is 0 Å². The van der Waals surface area contributed by atoms with Crippen LogP contribution in [0.2, 0.25) is 10.0 Å². The summed E-state index contributed by atoms with van der Waals surface area (Å²) in [5.74, 6) is 0.218. The van der Waals surface area contributed by atoms with Gasteiger partial charge < -0.3 is 14.5 Å². The van der Waals surface area contributed by atoms with E-state index in [0.29, 0.717) is 40.1 Å². The number of halogens is 2. The van der Waals surface area contributed by atoms with Crippen LogP contribution in [0.1, 0.15) is 17.3 Å². The monoisotopic (exact) mass is 392 g/mol. The molecular formula is C19H18Cl2N2O3. The van der Waals surface area contributed by atoms with Crippen molar-refractivity contribution < 1.29 is 14.3 Å². The van der Waals surface area contributed by atoms with Crippen LogP contribution < -0.4 is 9.64 Å². The van der Waals surface area contributed by atoms with Crippen LogP contribution in [0.5, 0.6) is 5.75 Å². The van der Waals surface area contributed by atoms with Crippen molar-refractivity contribution in [3.8, 4) is 5.75 Å². The summed E-state index contributed by atoms with van der Waals surface area (Å²) < 4.78 is 5.35. The van der Waals surface area contributed by atoms with Gasteiger partial charge in [0.05, 0.1) is 22.8 Å². The van der Waals surface area contributed by atoms with E-state index in [1.54, 1.807) is 42.0 Å². The first-order valence-corrected chi connectivity index (χ1v) is 8.90. The predicted octanol–water partition coefficient (Wildman–Crippen LogP) is 3.88. The smallest absolute Gasteiger partial charge is 0.254 e. The summed E-state index contributed by atoms with van der Waals surface area (Å²) in [6.45, 7) is 2.51. The van der Waals surface area contributed by atoms with Crippen LogP contribution in [-0.4, -0.2) is 43.0 Å². The van der Waals surface area contributed by atoms with Crippen LogP contribution in [0.3, 0.4) is 0 Å². The molecule has 0 bridgehead atoms. The lowest BCUT2D eigenvalue weighted by Gasteiger charge is -2.39. The van der Waals surface area contributed by atoms with Gasteiger partial charge in [0.1, 0.15) is 11.8 Å². The van der Waals surface area contributed by atoms with Crippen molar-refractivity contribution in [2.45, 2.75) is 13.0 Å². The highest BCUT2D eigenvalue weighted by Crippen LogP contribution is 2.31. The molecule has 0 saturated carbocycles. The van der Waals surface area contributed by atoms with Crippen molar-refractivity contribution >= 4 is 40.7 Å². The molecule has 1 aliphatic rings. The first-order valence-electron chi connectivity index (χ1n) is 8.14. The highest BCUT2D eigenvalue weighted by Gasteiger charge is 2.36. The third kappa shape index (κ3) is 3.37. The Bertz CT molecular complexity index is 856. The number of hydrogen-bond donors (Lipinski definition) is 0. The molecule has 0 N–H and O–H groups in total. The third-order valence-electron chi connectivity index (χ3n) is 4.46. The van der Waals surface area contributed by atoms with Crippen molar-refractivity contribution in [3.63, 3.8) is 0 Å². The number of amides is 2. The Labute approximate surface area is 162 Å².